The van der Waals surface area contributed by atoms with Crippen LogP contribution < -0.4 is 4.74 Å². The van der Waals surface area contributed by atoms with Crippen molar-refractivity contribution < 1.29 is 18.6 Å². The van der Waals surface area contributed by atoms with E-state index in [4.69, 9.17) is 27.9 Å². The molecule has 2 aliphatic carbocycles. The highest BCUT2D eigenvalue weighted by molar-refractivity contribution is 6.31. The highest BCUT2D eigenvalue weighted by atomic mass is 35.5. The molecule has 0 radical (unpaired) electrons. The van der Waals surface area contributed by atoms with Crippen LogP contribution in [0.25, 0.3) is 66.8 Å². The van der Waals surface area contributed by atoms with Gasteiger partial charge in [-0.1, -0.05) is 160 Å². The van der Waals surface area contributed by atoms with Gasteiger partial charge >= 0.3 is 0 Å². The summed E-state index contributed by atoms with van der Waals surface area (Å²) in [5.74, 6) is -0.0135. The van der Waals surface area contributed by atoms with E-state index in [1.807, 2.05) is 66.7 Å². The molecule has 0 aliphatic heterocycles. The smallest absolute Gasteiger partial charge is 0.134 e. The van der Waals surface area contributed by atoms with Crippen molar-refractivity contribution in [3.63, 3.8) is 0 Å². The van der Waals surface area contributed by atoms with Crippen molar-refractivity contribution in [1.29, 1.82) is 0 Å². The van der Waals surface area contributed by atoms with Gasteiger partial charge in [0.2, 0.25) is 0 Å². The molecular formula is C55H42Cl2F2O2. The third-order valence-electron chi connectivity index (χ3n) is 12.4. The van der Waals surface area contributed by atoms with Crippen molar-refractivity contribution in [2.24, 2.45) is 0 Å². The van der Waals surface area contributed by atoms with Crippen molar-refractivity contribution in [3.05, 3.63) is 202 Å². The topological polar surface area (TPSA) is 29.5 Å². The molecule has 0 fully saturated rings. The second kappa shape index (κ2) is 15.4. The Kier molecular flexibility index (Phi) is 10.1. The summed E-state index contributed by atoms with van der Waals surface area (Å²) in [5.41, 5.74) is 14.1. The lowest BCUT2D eigenvalue weighted by Crippen LogP contribution is -2.17. The number of rotatable bonds is 5. The molecule has 1 N–H and O–H groups in total. The van der Waals surface area contributed by atoms with Gasteiger partial charge in [0, 0.05) is 54.3 Å². The summed E-state index contributed by atoms with van der Waals surface area (Å²) in [7, 11) is 1.65. The summed E-state index contributed by atoms with van der Waals surface area (Å²) in [6, 6.07) is 49.7. The fourth-order valence-corrected chi connectivity index (χ4v) is 9.99. The van der Waals surface area contributed by atoms with E-state index in [-0.39, 0.29) is 22.4 Å². The molecule has 0 amide bonds. The fourth-order valence-electron chi connectivity index (χ4n) is 9.65. The fraction of sp³-hybridized carbons (Fsp3) is 0.127. The zero-order valence-corrected chi connectivity index (χ0v) is 35.9. The maximum atomic E-state index is 15.0. The number of aromatic hydroxyl groups is 1. The van der Waals surface area contributed by atoms with E-state index in [1.54, 1.807) is 25.3 Å². The third-order valence-corrected chi connectivity index (χ3v) is 12.8. The molecule has 0 atom stereocenters. The SMILES string of the molecule is CC1(C)c2ccccc2-c2cc(-c3cc(Cl)ccc3F)c(O)c(-c3ccccc3)c21.COc1c(-c2cc(Cl)ccc2F)cc2c(c1-c1ccccc1)C(C)(C)c1ccccc1-2. The van der Waals surface area contributed by atoms with Crippen LogP contribution in [0.1, 0.15) is 49.9 Å². The van der Waals surface area contributed by atoms with Crippen molar-refractivity contribution in [2.45, 2.75) is 38.5 Å². The van der Waals surface area contributed by atoms with Gasteiger partial charge in [0.05, 0.1) is 7.11 Å². The van der Waals surface area contributed by atoms with Crippen LogP contribution in [0.4, 0.5) is 8.78 Å². The van der Waals surface area contributed by atoms with Gasteiger partial charge in [-0.25, -0.2) is 8.78 Å². The number of phenolic OH excluding ortho intramolecular Hbond substituents is 1. The minimum Gasteiger partial charge on any atom is -0.507 e. The van der Waals surface area contributed by atoms with Gasteiger partial charge in [-0.2, -0.15) is 0 Å². The summed E-state index contributed by atoms with van der Waals surface area (Å²) in [6.45, 7) is 8.82. The third kappa shape index (κ3) is 6.61. The van der Waals surface area contributed by atoms with Crippen LogP contribution >= 0.6 is 23.2 Å². The van der Waals surface area contributed by atoms with Crippen LogP contribution in [0.2, 0.25) is 10.0 Å². The van der Waals surface area contributed by atoms with E-state index in [1.165, 1.54) is 40.5 Å². The van der Waals surface area contributed by atoms with Crippen molar-refractivity contribution in [1.82, 2.24) is 0 Å². The summed E-state index contributed by atoms with van der Waals surface area (Å²) in [6.07, 6.45) is 0. The van der Waals surface area contributed by atoms with E-state index in [0.29, 0.717) is 38.0 Å². The molecule has 61 heavy (non-hydrogen) atoms. The van der Waals surface area contributed by atoms with Gasteiger partial charge < -0.3 is 9.84 Å². The Balaban J connectivity index is 0.000000156. The van der Waals surface area contributed by atoms with E-state index in [9.17, 15) is 13.9 Å². The highest BCUT2D eigenvalue weighted by Crippen LogP contribution is 2.59. The van der Waals surface area contributed by atoms with Gasteiger partial charge in [-0.3, -0.25) is 0 Å². The molecule has 10 rings (SSSR count). The Hall–Kier alpha value is -6.20. The van der Waals surface area contributed by atoms with Gasteiger partial charge in [-0.15, -0.1) is 0 Å². The minimum atomic E-state index is -0.417. The second-order valence-electron chi connectivity index (χ2n) is 16.6. The number of benzene rings is 8. The molecule has 8 aromatic carbocycles. The Morgan fingerprint density at radius 3 is 1.34 bits per heavy atom. The van der Waals surface area contributed by atoms with Crippen molar-refractivity contribution >= 4 is 23.2 Å². The molecule has 0 bridgehead atoms. The van der Waals surface area contributed by atoms with Gasteiger partial charge in [0.1, 0.15) is 23.1 Å². The largest absolute Gasteiger partial charge is 0.507 e. The first kappa shape index (κ1) is 40.2. The lowest BCUT2D eigenvalue weighted by atomic mass is 9.77. The average molecular weight is 844 g/mol. The number of ether oxygens (including phenoxy) is 1. The Labute approximate surface area is 365 Å². The summed E-state index contributed by atoms with van der Waals surface area (Å²) in [5, 5.41) is 12.4. The van der Waals surface area contributed by atoms with Crippen LogP contribution in [0.5, 0.6) is 11.5 Å². The van der Waals surface area contributed by atoms with Gasteiger partial charge in [0.15, 0.2) is 0 Å². The molecule has 6 heteroatoms. The summed E-state index contributed by atoms with van der Waals surface area (Å²) < 4.78 is 35.8. The second-order valence-corrected chi connectivity index (χ2v) is 17.5. The first-order valence-corrected chi connectivity index (χ1v) is 21.0. The molecule has 302 valence electrons. The number of fused-ring (bicyclic) bond motifs is 6. The van der Waals surface area contributed by atoms with Gasteiger partial charge in [0.25, 0.3) is 0 Å². The predicted octanol–water partition coefficient (Wildman–Crippen LogP) is 16.0. The zero-order valence-electron chi connectivity index (χ0n) is 34.4. The van der Waals surface area contributed by atoms with E-state index < -0.39 is 5.82 Å². The molecule has 2 nitrogen and oxygen atoms in total. The number of halogens is 4. The maximum Gasteiger partial charge on any atom is 0.134 e. The van der Waals surface area contributed by atoms with Crippen LogP contribution in [0, 0.1) is 11.6 Å². The highest BCUT2D eigenvalue weighted by Gasteiger charge is 2.41. The summed E-state index contributed by atoms with van der Waals surface area (Å²) in [4.78, 5) is 0. The Morgan fingerprint density at radius 1 is 0.443 bits per heavy atom. The molecule has 2 aliphatic rings. The van der Waals surface area contributed by atoms with Crippen LogP contribution in [-0.4, -0.2) is 12.2 Å². The van der Waals surface area contributed by atoms with E-state index in [0.717, 1.165) is 44.5 Å². The molecule has 8 aromatic rings. The number of hydrogen-bond donors (Lipinski definition) is 1. The maximum absolute atomic E-state index is 15.0. The first-order valence-electron chi connectivity index (χ1n) is 20.2. The minimum absolute atomic E-state index is 0.0713. The number of hydrogen-bond acceptors (Lipinski definition) is 2. The standard InChI is InChI=1S/C28H22ClFO.C27H20ClFO/c1-28(2)23-12-8-7-11-19(23)21-16-22(20-15-18(29)13-14-24(20)30)27(31-3)25(26(21)28)17-9-5-4-6-10-17;1-27(2)22-11-7-6-10-18(22)20-15-21(19-14-17(28)12-13-23(19)29)26(30)24(25(20)27)16-8-4-3-5-9-16/h4-16H,1-3H3;3-15,30H,1-2H3. The average Bonchev–Trinajstić information content (AvgIpc) is 3.64. The first-order chi connectivity index (χ1) is 29.3. The molecule has 0 saturated carbocycles. The van der Waals surface area contributed by atoms with Crippen LogP contribution in [0.3, 0.4) is 0 Å². The molecule has 0 saturated heterocycles. The monoisotopic (exact) mass is 842 g/mol. The lowest BCUT2D eigenvalue weighted by molar-refractivity contribution is 0.416. The predicted molar refractivity (Wildman–Crippen MR) is 248 cm³/mol. The number of methoxy groups -OCH3 is 1. The van der Waals surface area contributed by atoms with E-state index in [2.05, 4.69) is 82.3 Å². The quantitative estimate of drug-likeness (QED) is 0.187. The zero-order chi connectivity index (χ0) is 42.8. The molecular weight excluding hydrogens is 802 g/mol. The van der Waals surface area contributed by atoms with Gasteiger partial charge in [-0.05, 0) is 104 Å². The molecule has 0 spiro atoms. The molecule has 0 heterocycles. The van der Waals surface area contributed by atoms with Crippen LogP contribution in [0.15, 0.2) is 158 Å². The van der Waals surface area contributed by atoms with Crippen molar-refractivity contribution in [2.75, 3.05) is 7.11 Å². The van der Waals surface area contributed by atoms with E-state index >= 15 is 0 Å². The lowest BCUT2D eigenvalue weighted by Gasteiger charge is -2.27. The molecule has 0 aromatic heterocycles. The number of phenols is 1. The molecule has 0 unspecified atom stereocenters. The summed E-state index contributed by atoms with van der Waals surface area (Å²) >= 11 is 12.4. The van der Waals surface area contributed by atoms with Crippen molar-refractivity contribution in [3.8, 4) is 78.3 Å². The normalized spacial score (nSPS) is 13.7. The van der Waals surface area contributed by atoms with Crippen LogP contribution in [-0.2, 0) is 10.8 Å². The Bertz CT molecular complexity index is 3010. The Morgan fingerprint density at radius 2 is 0.852 bits per heavy atom.